The quantitative estimate of drug-likeness (QED) is 0.907. The van der Waals surface area contributed by atoms with Crippen molar-refractivity contribution in [3.63, 3.8) is 0 Å². The second kappa shape index (κ2) is 7.66. The Morgan fingerprint density at radius 3 is 2.75 bits per heavy atom. The molecule has 1 aromatic rings. The molecule has 6 nitrogen and oxygen atoms in total. The highest BCUT2D eigenvalue weighted by atomic mass is 16.2. The standard InChI is InChI=1S/C18H31N5O/c1-14-11-19-17(20-14)13-22(3)18(24)15-5-4-8-23(12-15)16-6-9-21(2)10-7-16/h11,15-16H,4-10,12-13H2,1-3H3,(H,19,20). The van der Waals surface area contributed by atoms with Gasteiger partial charge in [0.15, 0.2) is 0 Å². The first-order valence-corrected chi connectivity index (χ1v) is 9.21. The molecule has 0 aromatic carbocycles. The highest BCUT2D eigenvalue weighted by Crippen LogP contribution is 2.24. The van der Waals surface area contributed by atoms with Gasteiger partial charge in [0.05, 0.1) is 12.5 Å². The van der Waals surface area contributed by atoms with Gasteiger partial charge in [0, 0.05) is 31.5 Å². The van der Waals surface area contributed by atoms with Crippen LogP contribution in [0.15, 0.2) is 6.20 Å². The molecule has 0 radical (unpaired) electrons. The number of likely N-dealkylation sites (tertiary alicyclic amines) is 2. The third-order valence-corrected chi connectivity index (χ3v) is 5.53. The lowest BCUT2D eigenvalue weighted by Crippen LogP contribution is -2.50. The Balaban J connectivity index is 1.54. The molecule has 134 valence electrons. The minimum absolute atomic E-state index is 0.138. The fraction of sp³-hybridized carbons (Fsp3) is 0.778. The molecule has 0 aliphatic carbocycles. The van der Waals surface area contributed by atoms with E-state index in [9.17, 15) is 4.79 Å². The number of H-pyrrole nitrogens is 1. The summed E-state index contributed by atoms with van der Waals surface area (Å²) in [5, 5.41) is 0. The lowest BCUT2D eigenvalue weighted by molar-refractivity contribution is -0.137. The van der Waals surface area contributed by atoms with E-state index in [1.165, 1.54) is 25.9 Å². The summed E-state index contributed by atoms with van der Waals surface area (Å²) in [6.07, 6.45) is 6.44. The van der Waals surface area contributed by atoms with E-state index in [0.29, 0.717) is 12.6 Å². The molecular formula is C18H31N5O. The van der Waals surface area contributed by atoms with Gasteiger partial charge in [0.25, 0.3) is 0 Å². The first-order valence-electron chi connectivity index (χ1n) is 9.21. The van der Waals surface area contributed by atoms with Gasteiger partial charge in [0.2, 0.25) is 5.91 Å². The Bertz CT molecular complexity index is 549. The molecule has 1 aromatic heterocycles. The van der Waals surface area contributed by atoms with Gasteiger partial charge in [-0.25, -0.2) is 4.98 Å². The number of nitrogens with one attached hydrogen (secondary N) is 1. The highest BCUT2D eigenvalue weighted by molar-refractivity contribution is 5.78. The number of aromatic amines is 1. The average Bonchev–Trinajstić information content (AvgIpc) is 3.00. The summed E-state index contributed by atoms with van der Waals surface area (Å²) in [7, 11) is 4.10. The van der Waals surface area contributed by atoms with Crippen LogP contribution in [0.1, 0.15) is 37.2 Å². The van der Waals surface area contributed by atoms with Crippen molar-refractivity contribution in [1.29, 1.82) is 0 Å². The Morgan fingerprint density at radius 2 is 2.08 bits per heavy atom. The number of piperidine rings is 2. The molecule has 1 unspecified atom stereocenters. The van der Waals surface area contributed by atoms with Crippen molar-refractivity contribution in [2.75, 3.05) is 40.3 Å². The van der Waals surface area contributed by atoms with Crippen LogP contribution in [0.4, 0.5) is 0 Å². The molecule has 0 saturated carbocycles. The van der Waals surface area contributed by atoms with E-state index in [1.54, 1.807) is 0 Å². The molecule has 1 amide bonds. The van der Waals surface area contributed by atoms with Gasteiger partial charge >= 0.3 is 0 Å². The molecule has 2 saturated heterocycles. The molecule has 3 rings (SSSR count). The molecule has 0 bridgehead atoms. The number of aromatic nitrogens is 2. The van der Waals surface area contributed by atoms with Crippen LogP contribution in [0.25, 0.3) is 0 Å². The minimum Gasteiger partial charge on any atom is -0.345 e. The largest absolute Gasteiger partial charge is 0.345 e. The van der Waals surface area contributed by atoms with E-state index < -0.39 is 0 Å². The monoisotopic (exact) mass is 333 g/mol. The number of carbonyl (C=O) groups is 1. The molecule has 1 atom stereocenters. The SMILES string of the molecule is Cc1cnc(CN(C)C(=O)C2CCCN(C3CCN(C)CC3)C2)[nH]1. The molecule has 24 heavy (non-hydrogen) atoms. The molecule has 0 spiro atoms. The zero-order chi connectivity index (χ0) is 17.1. The lowest BCUT2D eigenvalue weighted by Gasteiger charge is -2.41. The average molecular weight is 333 g/mol. The number of amides is 1. The van der Waals surface area contributed by atoms with Crippen molar-refractivity contribution in [3.8, 4) is 0 Å². The van der Waals surface area contributed by atoms with Crippen LogP contribution in [0.5, 0.6) is 0 Å². The van der Waals surface area contributed by atoms with Crippen molar-refractivity contribution in [2.45, 2.75) is 45.2 Å². The minimum atomic E-state index is 0.138. The van der Waals surface area contributed by atoms with Crippen LogP contribution in [0.2, 0.25) is 0 Å². The van der Waals surface area contributed by atoms with Crippen molar-refractivity contribution < 1.29 is 4.79 Å². The first kappa shape index (κ1) is 17.4. The smallest absolute Gasteiger partial charge is 0.227 e. The molecule has 3 heterocycles. The summed E-state index contributed by atoms with van der Waals surface area (Å²) < 4.78 is 0. The van der Waals surface area contributed by atoms with Gasteiger partial charge < -0.3 is 14.8 Å². The van der Waals surface area contributed by atoms with Gasteiger partial charge in [-0.3, -0.25) is 9.69 Å². The number of hydrogen-bond acceptors (Lipinski definition) is 4. The number of hydrogen-bond donors (Lipinski definition) is 1. The van der Waals surface area contributed by atoms with Gasteiger partial charge in [-0.15, -0.1) is 0 Å². The van der Waals surface area contributed by atoms with E-state index >= 15 is 0 Å². The summed E-state index contributed by atoms with van der Waals surface area (Å²) in [6, 6.07) is 0.662. The Labute approximate surface area is 145 Å². The second-order valence-corrected chi connectivity index (χ2v) is 7.58. The normalized spacial score (nSPS) is 24.2. The van der Waals surface area contributed by atoms with Crippen LogP contribution in [0, 0.1) is 12.8 Å². The summed E-state index contributed by atoms with van der Waals surface area (Å²) >= 11 is 0. The van der Waals surface area contributed by atoms with Crippen molar-refractivity contribution in [1.82, 2.24) is 24.7 Å². The Hall–Kier alpha value is -1.40. The van der Waals surface area contributed by atoms with Crippen LogP contribution < -0.4 is 0 Å². The maximum atomic E-state index is 12.8. The van der Waals surface area contributed by atoms with E-state index in [4.69, 9.17) is 0 Å². The zero-order valence-electron chi connectivity index (χ0n) is 15.3. The van der Waals surface area contributed by atoms with Crippen LogP contribution >= 0.6 is 0 Å². The Morgan fingerprint density at radius 1 is 1.33 bits per heavy atom. The Kier molecular flexibility index (Phi) is 5.56. The fourth-order valence-corrected chi connectivity index (χ4v) is 4.06. The van der Waals surface area contributed by atoms with E-state index in [1.807, 2.05) is 25.1 Å². The number of carbonyl (C=O) groups excluding carboxylic acids is 1. The van der Waals surface area contributed by atoms with E-state index in [0.717, 1.165) is 37.4 Å². The molecule has 1 N–H and O–H groups in total. The summed E-state index contributed by atoms with van der Waals surface area (Å²) in [4.78, 5) is 27.2. The third kappa shape index (κ3) is 4.16. The maximum Gasteiger partial charge on any atom is 0.227 e. The molecule has 2 fully saturated rings. The van der Waals surface area contributed by atoms with E-state index in [-0.39, 0.29) is 11.8 Å². The lowest BCUT2D eigenvalue weighted by atomic mass is 9.93. The third-order valence-electron chi connectivity index (χ3n) is 5.53. The molecule has 6 heteroatoms. The number of aryl methyl sites for hydroxylation is 1. The van der Waals surface area contributed by atoms with Gasteiger partial charge in [0.1, 0.15) is 5.82 Å². The summed E-state index contributed by atoms with van der Waals surface area (Å²) in [6.45, 7) is 6.99. The van der Waals surface area contributed by atoms with Crippen molar-refractivity contribution >= 4 is 5.91 Å². The number of nitrogens with zero attached hydrogens (tertiary/aromatic N) is 4. The zero-order valence-corrected chi connectivity index (χ0v) is 15.3. The van der Waals surface area contributed by atoms with E-state index in [2.05, 4.69) is 26.8 Å². The fourth-order valence-electron chi connectivity index (χ4n) is 4.06. The first-order chi connectivity index (χ1) is 11.5. The summed E-state index contributed by atoms with van der Waals surface area (Å²) in [5.41, 5.74) is 1.04. The molecule has 2 aliphatic heterocycles. The maximum absolute atomic E-state index is 12.8. The molecular weight excluding hydrogens is 302 g/mol. The van der Waals surface area contributed by atoms with Crippen LogP contribution in [-0.2, 0) is 11.3 Å². The topological polar surface area (TPSA) is 55.5 Å². The molecule has 2 aliphatic rings. The van der Waals surface area contributed by atoms with Crippen molar-refractivity contribution in [3.05, 3.63) is 17.7 Å². The van der Waals surface area contributed by atoms with Crippen LogP contribution in [0.3, 0.4) is 0 Å². The predicted octanol–water partition coefficient (Wildman–Crippen LogP) is 1.48. The van der Waals surface area contributed by atoms with Gasteiger partial charge in [-0.2, -0.15) is 0 Å². The predicted molar refractivity (Wildman–Crippen MR) is 94.6 cm³/mol. The number of imidazole rings is 1. The van der Waals surface area contributed by atoms with Crippen molar-refractivity contribution in [2.24, 2.45) is 5.92 Å². The second-order valence-electron chi connectivity index (χ2n) is 7.58. The van der Waals surface area contributed by atoms with Gasteiger partial charge in [-0.1, -0.05) is 0 Å². The highest BCUT2D eigenvalue weighted by Gasteiger charge is 2.32. The van der Waals surface area contributed by atoms with Gasteiger partial charge in [-0.05, 0) is 59.3 Å². The summed E-state index contributed by atoms with van der Waals surface area (Å²) in [5.74, 6) is 1.27. The number of rotatable bonds is 4. The van der Waals surface area contributed by atoms with Crippen LogP contribution in [-0.4, -0.2) is 76.9 Å².